The Morgan fingerprint density at radius 2 is 1.67 bits per heavy atom. The number of nitro benzene ring substituents is 1. The first-order valence-corrected chi connectivity index (χ1v) is 8.79. The summed E-state index contributed by atoms with van der Waals surface area (Å²) in [5.41, 5.74) is 2.25. The number of hydrogen-bond donors (Lipinski definition) is 3. The van der Waals surface area contributed by atoms with E-state index in [-0.39, 0.29) is 24.0 Å². The normalized spacial score (nSPS) is 10.0. The van der Waals surface area contributed by atoms with Crippen LogP contribution >= 0.6 is 0 Å². The van der Waals surface area contributed by atoms with Crippen molar-refractivity contribution in [1.82, 2.24) is 0 Å². The maximum absolute atomic E-state index is 13.1. The fourth-order valence-electron chi connectivity index (χ4n) is 2.60. The summed E-state index contributed by atoms with van der Waals surface area (Å²) in [4.78, 5) is 22.8. The largest absolute Gasteiger partial charge is 0.374 e. The molecule has 0 unspecified atom stereocenters. The molecule has 150 valence electrons. The van der Waals surface area contributed by atoms with Crippen LogP contribution in [0.25, 0.3) is 0 Å². The van der Waals surface area contributed by atoms with Gasteiger partial charge in [-0.2, -0.15) is 5.26 Å². The van der Waals surface area contributed by atoms with Crippen molar-refractivity contribution >= 4 is 34.3 Å². The van der Waals surface area contributed by atoms with E-state index in [4.69, 9.17) is 5.26 Å². The van der Waals surface area contributed by atoms with Crippen molar-refractivity contribution in [2.24, 2.45) is 0 Å². The minimum Gasteiger partial charge on any atom is -0.374 e. The summed E-state index contributed by atoms with van der Waals surface area (Å²) in [5, 5.41) is 28.5. The van der Waals surface area contributed by atoms with E-state index in [1.807, 2.05) is 6.07 Å². The quantitative estimate of drug-likeness (QED) is 0.396. The van der Waals surface area contributed by atoms with Crippen molar-refractivity contribution in [1.29, 1.82) is 5.26 Å². The molecule has 0 saturated heterocycles. The zero-order chi connectivity index (χ0) is 21.5. The highest BCUT2D eigenvalue weighted by Crippen LogP contribution is 2.29. The molecule has 3 rings (SSSR count). The number of nitriles is 1. The molecule has 3 aromatic rings. The van der Waals surface area contributed by atoms with Gasteiger partial charge in [0.2, 0.25) is 5.91 Å². The second-order valence-corrected chi connectivity index (χ2v) is 6.21. The minimum atomic E-state index is -0.538. The monoisotopic (exact) mass is 405 g/mol. The summed E-state index contributed by atoms with van der Waals surface area (Å²) in [5.74, 6) is -0.763. The van der Waals surface area contributed by atoms with E-state index < -0.39 is 4.92 Å². The van der Waals surface area contributed by atoms with Gasteiger partial charge in [0, 0.05) is 23.5 Å². The average Bonchev–Trinajstić information content (AvgIpc) is 2.75. The van der Waals surface area contributed by atoms with Crippen LogP contribution in [0, 0.1) is 27.3 Å². The van der Waals surface area contributed by atoms with Crippen LogP contribution in [-0.4, -0.2) is 17.4 Å². The topological polar surface area (TPSA) is 120 Å². The predicted octanol–water partition coefficient (Wildman–Crippen LogP) is 4.40. The SMILES string of the molecule is N#Cc1ccc(NC(=O)CNc2cc([N+](=O)[O-])ccc2Nc2ccc(F)cc2)cc1. The Balaban J connectivity index is 1.72. The van der Waals surface area contributed by atoms with Gasteiger partial charge in [0.25, 0.3) is 5.69 Å². The van der Waals surface area contributed by atoms with Gasteiger partial charge in [0.15, 0.2) is 0 Å². The van der Waals surface area contributed by atoms with Crippen molar-refractivity contribution in [2.45, 2.75) is 0 Å². The lowest BCUT2D eigenvalue weighted by Gasteiger charge is -2.14. The number of anilines is 4. The van der Waals surface area contributed by atoms with Gasteiger partial charge in [0.05, 0.1) is 34.5 Å². The fraction of sp³-hybridized carbons (Fsp3) is 0.0476. The van der Waals surface area contributed by atoms with Crippen molar-refractivity contribution < 1.29 is 14.1 Å². The van der Waals surface area contributed by atoms with Crippen LogP contribution in [0.3, 0.4) is 0 Å². The number of rotatable bonds is 7. The van der Waals surface area contributed by atoms with Crippen LogP contribution < -0.4 is 16.0 Å². The van der Waals surface area contributed by atoms with Crippen LogP contribution in [-0.2, 0) is 4.79 Å². The van der Waals surface area contributed by atoms with Crippen LogP contribution in [0.1, 0.15) is 5.56 Å². The van der Waals surface area contributed by atoms with Crippen LogP contribution in [0.5, 0.6) is 0 Å². The first-order valence-electron chi connectivity index (χ1n) is 8.79. The van der Waals surface area contributed by atoms with Crippen molar-refractivity contribution in [2.75, 3.05) is 22.5 Å². The lowest BCUT2D eigenvalue weighted by molar-refractivity contribution is -0.384. The van der Waals surface area contributed by atoms with Gasteiger partial charge >= 0.3 is 0 Å². The zero-order valence-electron chi connectivity index (χ0n) is 15.6. The van der Waals surface area contributed by atoms with Gasteiger partial charge in [0.1, 0.15) is 5.82 Å². The molecule has 0 radical (unpaired) electrons. The molecule has 0 aliphatic heterocycles. The molecular weight excluding hydrogens is 389 g/mol. The van der Waals surface area contributed by atoms with E-state index in [9.17, 15) is 19.3 Å². The van der Waals surface area contributed by atoms with Crippen LogP contribution in [0.2, 0.25) is 0 Å². The van der Waals surface area contributed by atoms with Gasteiger partial charge in [-0.05, 0) is 54.6 Å². The Labute approximate surface area is 171 Å². The maximum Gasteiger partial charge on any atom is 0.271 e. The van der Waals surface area contributed by atoms with Gasteiger partial charge < -0.3 is 16.0 Å². The minimum absolute atomic E-state index is 0.144. The summed E-state index contributed by atoms with van der Waals surface area (Å²) < 4.78 is 13.1. The second kappa shape index (κ2) is 9.16. The number of non-ortho nitro benzene ring substituents is 1. The van der Waals surface area contributed by atoms with Gasteiger partial charge in [-0.1, -0.05) is 0 Å². The average molecular weight is 405 g/mol. The van der Waals surface area contributed by atoms with Gasteiger partial charge in [-0.3, -0.25) is 14.9 Å². The summed E-state index contributed by atoms with van der Waals surface area (Å²) in [7, 11) is 0. The number of halogens is 1. The number of nitrogens with zero attached hydrogens (tertiary/aromatic N) is 2. The number of benzene rings is 3. The third kappa shape index (κ3) is 5.30. The third-order valence-electron chi connectivity index (χ3n) is 4.07. The molecule has 30 heavy (non-hydrogen) atoms. The first kappa shape index (κ1) is 20.3. The first-order chi connectivity index (χ1) is 14.4. The smallest absolute Gasteiger partial charge is 0.271 e. The Hall–Kier alpha value is -4.45. The van der Waals surface area contributed by atoms with Crippen LogP contribution in [0.15, 0.2) is 66.7 Å². The number of nitrogens with one attached hydrogen (secondary N) is 3. The number of carbonyl (C=O) groups excluding carboxylic acids is 1. The molecule has 1 amide bonds. The van der Waals surface area contributed by atoms with E-state index >= 15 is 0 Å². The Morgan fingerprint density at radius 1 is 1.00 bits per heavy atom. The number of amides is 1. The number of nitro groups is 1. The lowest BCUT2D eigenvalue weighted by atomic mass is 10.2. The molecule has 3 aromatic carbocycles. The molecule has 9 heteroatoms. The van der Waals surface area contributed by atoms with Crippen molar-refractivity contribution in [3.05, 3.63) is 88.2 Å². The van der Waals surface area contributed by atoms with E-state index in [0.29, 0.717) is 28.3 Å². The standard InChI is InChI=1S/C21H16FN5O3/c22-15-3-7-16(8-4-15)25-19-10-9-18(27(29)30)11-20(19)24-13-21(28)26-17-5-1-14(12-23)2-6-17/h1-11,24-25H,13H2,(H,26,28). The number of hydrogen-bond acceptors (Lipinski definition) is 6. The molecule has 0 fully saturated rings. The molecule has 3 N–H and O–H groups in total. The zero-order valence-corrected chi connectivity index (χ0v) is 15.6. The highest BCUT2D eigenvalue weighted by atomic mass is 19.1. The molecule has 0 bridgehead atoms. The fourth-order valence-corrected chi connectivity index (χ4v) is 2.60. The molecule has 0 aromatic heterocycles. The Bertz CT molecular complexity index is 1110. The number of carbonyl (C=O) groups is 1. The molecular formula is C21H16FN5O3. The maximum atomic E-state index is 13.1. The lowest BCUT2D eigenvalue weighted by Crippen LogP contribution is -2.22. The summed E-state index contributed by atoms with van der Waals surface area (Å²) >= 11 is 0. The highest BCUT2D eigenvalue weighted by Gasteiger charge is 2.12. The van der Waals surface area contributed by atoms with E-state index in [2.05, 4.69) is 16.0 Å². The van der Waals surface area contributed by atoms with Crippen molar-refractivity contribution in [3.8, 4) is 6.07 Å². The molecule has 0 aliphatic rings. The summed E-state index contributed by atoms with van der Waals surface area (Å²) in [6, 6.07) is 18.1. The molecule has 0 atom stereocenters. The summed E-state index contributed by atoms with van der Waals surface area (Å²) in [6.07, 6.45) is 0. The molecule has 0 heterocycles. The molecule has 0 saturated carbocycles. The highest BCUT2D eigenvalue weighted by molar-refractivity contribution is 5.94. The van der Waals surface area contributed by atoms with Gasteiger partial charge in [-0.15, -0.1) is 0 Å². The predicted molar refractivity (Wildman–Crippen MR) is 111 cm³/mol. The molecule has 0 aliphatic carbocycles. The second-order valence-electron chi connectivity index (χ2n) is 6.21. The molecule has 8 nitrogen and oxygen atoms in total. The third-order valence-corrected chi connectivity index (χ3v) is 4.07. The van der Waals surface area contributed by atoms with Crippen LogP contribution in [0.4, 0.5) is 32.8 Å². The van der Waals surface area contributed by atoms with Crippen molar-refractivity contribution in [3.63, 3.8) is 0 Å². The van der Waals surface area contributed by atoms with E-state index in [0.717, 1.165) is 0 Å². The molecule has 0 spiro atoms. The van der Waals surface area contributed by atoms with E-state index in [1.54, 1.807) is 24.3 Å². The van der Waals surface area contributed by atoms with Gasteiger partial charge in [-0.25, -0.2) is 4.39 Å². The summed E-state index contributed by atoms with van der Waals surface area (Å²) in [6.45, 7) is -0.154. The Kier molecular flexibility index (Phi) is 6.20. The van der Waals surface area contributed by atoms with E-state index in [1.165, 1.54) is 42.5 Å². The Morgan fingerprint density at radius 3 is 2.30 bits per heavy atom.